The van der Waals surface area contributed by atoms with Crippen molar-refractivity contribution in [2.24, 2.45) is 0 Å². The Labute approximate surface area is 162 Å². The van der Waals surface area contributed by atoms with Crippen LogP contribution in [-0.4, -0.2) is 43.7 Å². The molecule has 8 nitrogen and oxygen atoms in total. The van der Waals surface area contributed by atoms with E-state index < -0.39 is 23.5 Å². The maximum absolute atomic E-state index is 12.4. The van der Waals surface area contributed by atoms with Crippen molar-refractivity contribution < 1.29 is 23.9 Å². The molecule has 8 heteroatoms. The molecule has 3 N–H and O–H groups in total. The van der Waals surface area contributed by atoms with E-state index in [1.54, 1.807) is 24.3 Å². The van der Waals surface area contributed by atoms with Gasteiger partial charge in [-0.2, -0.15) is 0 Å². The summed E-state index contributed by atoms with van der Waals surface area (Å²) >= 11 is 0. The number of ether oxygens (including phenoxy) is 2. The Morgan fingerprint density at radius 2 is 1.82 bits per heavy atom. The quantitative estimate of drug-likeness (QED) is 0.357. The number of hydrogen-bond acceptors (Lipinski definition) is 6. The first-order valence-electron chi connectivity index (χ1n) is 8.72. The average Bonchev–Trinajstić information content (AvgIpc) is 2.74. The van der Waals surface area contributed by atoms with Crippen molar-refractivity contribution in [2.45, 2.75) is 12.3 Å². The molecule has 1 heterocycles. The predicted molar refractivity (Wildman–Crippen MR) is 101 cm³/mol. The smallest absolute Gasteiger partial charge is 0.340 e. The van der Waals surface area contributed by atoms with Crippen LogP contribution in [0.4, 0.5) is 5.69 Å². The number of β-lactam (4-membered cyclic amide) rings is 1. The molecule has 1 unspecified atom stereocenters. The van der Waals surface area contributed by atoms with Crippen molar-refractivity contribution in [1.29, 1.82) is 0 Å². The van der Waals surface area contributed by atoms with Crippen LogP contribution in [-0.2, 0) is 25.7 Å². The highest BCUT2D eigenvalue weighted by Gasteiger charge is 2.48. The lowest BCUT2D eigenvalue weighted by Gasteiger charge is -2.39. The van der Waals surface area contributed by atoms with Crippen molar-refractivity contribution in [3.05, 3.63) is 65.7 Å². The van der Waals surface area contributed by atoms with Gasteiger partial charge in [0.25, 0.3) is 5.91 Å². The van der Waals surface area contributed by atoms with E-state index in [-0.39, 0.29) is 19.7 Å². The number of methoxy groups -OCH3 is 1. The van der Waals surface area contributed by atoms with Crippen molar-refractivity contribution in [2.75, 3.05) is 25.5 Å². The van der Waals surface area contributed by atoms with Gasteiger partial charge in [-0.1, -0.05) is 42.5 Å². The number of para-hydroxylation sites is 1. The molecule has 1 fully saturated rings. The third kappa shape index (κ3) is 4.29. The molecular formula is C20H21N3O5. The molecule has 1 saturated heterocycles. The van der Waals surface area contributed by atoms with Gasteiger partial charge in [0.2, 0.25) is 11.6 Å². The molecule has 0 spiro atoms. The minimum absolute atomic E-state index is 0.138. The van der Waals surface area contributed by atoms with Crippen LogP contribution in [0.25, 0.3) is 0 Å². The summed E-state index contributed by atoms with van der Waals surface area (Å²) in [5, 5.41) is 7.97. The van der Waals surface area contributed by atoms with Crippen LogP contribution in [0.5, 0.6) is 0 Å². The zero-order valence-corrected chi connectivity index (χ0v) is 15.4. The molecule has 0 bridgehead atoms. The zero-order valence-electron chi connectivity index (χ0n) is 15.4. The molecule has 0 aromatic heterocycles. The second-order valence-electron chi connectivity index (χ2n) is 6.22. The Balaban J connectivity index is 1.58. The predicted octanol–water partition coefficient (Wildman–Crippen LogP) is 1.04. The van der Waals surface area contributed by atoms with Gasteiger partial charge in [-0.05, 0) is 17.7 Å². The summed E-state index contributed by atoms with van der Waals surface area (Å²) in [6.45, 7) is 0.220. The lowest BCUT2D eigenvalue weighted by Crippen LogP contribution is -2.74. The van der Waals surface area contributed by atoms with Gasteiger partial charge in [-0.25, -0.2) is 4.79 Å². The Morgan fingerprint density at radius 1 is 1.11 bits per heavy atom. The standard InChI is InChI=1S/C20H21N3O5/c1-27-20(13-22-19(20)26)23-17(24)11-21-16-10-6-5-9-15(16)18(25)28-12-14-7-3-2-4-8-14/h2-10,21H,11-13H2,1H3,(H,22,26)(H,23,24). The van der Waals surface area contributed by atoms with Gasteiger partial charge in [0.1, 0.15) is 6.61 Å². The molecule has 3 rings (SSSR count). The number of amides is 2. The number of esters is 1. The van der Waals surface area contributed by atoms with E-state index in [1.807, 2.05) is 30.3 Å². The van der Waals surface area contributed by atoms with E-state index in [9.17, 15) is 14.4 Å². The second-order valence-corrected chi connectivity index (χ2v) is 6.22. The molecular weight excluding hydrogens is 362 g/mol. The minimum Gasteiger partial charge on any atom is -0.457 e. The van der Waals surface area contributed by atoms with E-state index in [4.69, 9.17) is 9.47 Å². The van der Waals surface area contributed by atoms with Crippen LogP contribution in [0, 0.1) is 0 Å². The topological polar surface area (TPSA) is 106 Å². The molecule has 1 aliphatic rings. The van der Waals surface area contributed by atoms with E-state index in [0.717, 1.165) is 5.56 Å². The van der Waals surface area contributed by atoms with E-state index in [0.29, 0.717) is 11.3 Å². The van der Waals surface area contributed by atoms with E-state index >= 15 is 0 Å². The Hall–Kier alpha value is -3.39. The molecule has 2 amide bonds. The van der Waals surface area contributed by atoms with Crippen LogP contribution < -0.4 is 16.0 Å². The van der Waals surface area contributed by atoms with Gasteiger partial charge >= 0.3 is 5.97 Å². The molecule has 1 aliphatic heterocycles. The molecule has 146 valence electrons. The first-order chi connectivity index (χ1) is 13.5. The molecule has 28 heavy (non-hydrogen) atoms. The zero-order chi connectivity index (χ0) is 20.0. The second kappa shape index (κ2) is 8.53. The Bertz CT molecular complexity index is 867. The van der Waals surface area contributed by atoms with Crippen molar-refractivity contribution in [3.63, 3.8) is 0 Å². The van der Waals surface area contributed by atoms with Crippen LogP contribution in [0.2, 0.25) is 0 Å². The molecule has 2 aromatic carbocycles. The number of nitrogens with one attached hydrogen (secondary N) is 3. The van der Waals surface area contributed by atoms with Gasteiger partial charge in [0.15, 0.2) is 0 Å². The number of benzene rings is 2. The van der Waals surface area contributed by atoms with Crippen LogP contribution in [0.3, 0.4) is 0 Å². The molecule has 0 radical (unpaired) electrons. The molecule has 1 atom stereocenters. The molecule has 0 saturated carbocycles. The van der Waals surface area contributed by atoms with Gasteiger partial charge in [0.05, 0.1) is 18.7 Å². The summed E-state index contributed by atoms with van der Waals surface area (Å²) in [5.74, 6) is -1.34. The SMILES string of the molecule is COC1(NC(=O)CNc2ccccc2C(=O)OCc2ccccc2)CNC1=O. The van der Waals surface area contributed by atoms with Gasteiger partial charge in [0, 0.05) is 12.8 Å². The minimum atomic E-state index is -1.33. The summed E-state index contributed by atoms with van der Waals surface area (Å²) < 4.78 is 10.4. The number of carbonyl (C=O) groups is 3. The summed E-state index contributed by atoms with van der Waals surface area (Å²) in [5.41, 5.74) is 0.325. The molecule has 0 aliphatic carbocycles. The highest BCUT2D eigenvalue weighted by Crippen LogP contribution is 2.17. The fourth-order valence-electron chi connectivity index (χ4n) is 2.70. The number of rotatable bonds is 8. The number of anilines is 1. The first kappa shape index (κ1) is 19.4. The van der Waals surface area contributed by atoms with Crippen molar-refractivity contribution in [3.8, 4) is 0 Å². The largest absolute Gasteiger partial charge is 0.457 e. The monoisotopic (exact) mass is 383 g/mol. The molecule has 2 aromatic rings. The Kier molecular flexibility index (Phi) is 5.90. The van der Waals surface area contributed by atoms with Crippen LogP contribution >= 0.6 is 0 Å². The normalized spacial score (nSPS) is 17.8. The summed E-state index contributed by atoms with van der Waals surface area (Å²) in [6.07, 6.45) is 0. The maximum Gasteiger partial charge on any atom is 0.340 e. The van der Waals surface area contributed by atoms with Crippen molar-refractivity contribution >= 4 is 23.5 Å². The van der Waals surface area contributed by atoms with E-state index in [1.165, 1.54) is 7.11 Å². The highest BCUT2D eigenvalue weighted by molar-refractivity contribution is 5.98. The highest BCUT2D eigenvalue weighted by atomic mass is 16.5. The van der Waals surface area contributed by atoms with Gasteiger partial charge in [-0.15, -0.1) is 0 Å². The van der Waals surface area contributed by atoms with Gasteiger partial charge < -0.3 is 25.4 Å². The van der Waals surface area contributed by atoms with Crippen LogP contribution in [0.15, 0.2) is 54.6 Å². The summed E-state index contributed by atoms with van der Waals surface area (Å²) in [7, 11) is 1.35. The lowest BCUT2D eigenvalue weighted by molar-refractivity contribution is -0.166. The third-order valence-corrected chi connectivity index (χ3v) is 4.35. The Morgan fingerprint density at radius 3 is 2.46 bits per heavy atom. The number of hydrogen-bond donors (Lipinski definition) is 3. The maximum atomic E-state index is 12.4. The first-order valence-corrected chi connectivity index (χ1v) is 8.72. The third-order valence-electron chi connectivity index (χ3n) is 4.35. The lowest BCUT2D eigenvalue weighted by atomic mass is 10.1. The summed E-state index contributed by atoms with van der Waals surface area (Å²) in [6, 6.07) is 16.1. The fraction of sp³-hybridized carbons (Fsp3) is 0.250. The average molecular weight is 383 g/mol. The fourth-order valence-corrected chi connectivity index (χ4v) is 2.70. The van der Waals surface area contributed by atoms with E-state index in [2.05, 4.69) is 16.0 Å². The number of carbonyl (C=O) groups excluding carboxylic acids is 3. The van der Waals surface area contributed by atoms with Crippen molar-refractivity contribution in [1.82, 2.24) is 10.6 Å². The van der Waals surface area contributed by atoms with Gasteiger partial charge in [-0.3, -0.25) is 9.59 Å². The summed E-state index contributed by atoms with van der Waals surface area (Å²) in [4.78, 5) is 36.2. The van der Waals surface area contributed by atoms with Crippen LogP contribution in [0.1, 0.15) is 15.9 Å².